The summed E-state index contributed by atoms with van der Waals surface area (Å²) in [6.45, 7) is 3.73. The normalized spacial score (nSPS) is 14.3. The fourth-order valence-electron chi connectivity index (χ4n) is 2.40. The van der Waals surface area contributed by atoms with Crippen molar-refractivity contribution in [1.29, 1.82) is 0 Å². The Morgan fingerprint density at radius 1 is 1.40 bits per heavy atom. The molecule has 0 atom stereocenters. The summed E-state index contributed by atoms with van der Waals surface area (Å²) >= 11 is 1.11. The van der Waals surface area contributed by atoms with E-state index in [2.05, 4.69) is 10.3 Å². The molecule has 0 saturated heterocycles. The predicted octanol–water partition coefficient (Wildman–Crippen LogP) is 3.21. The highest BCUT2D eigenvalue weighted by atomic mass is 32.1. The molecular formula is C16H13N3O5S. The van der Waals surface area contributed by atoms with Crippen LogP contribution < -0.4 is 5.32 Å². The zero-order valence-corrected chi connectivity index (χ0v) is 14.2. The summed E-state index contributed by atoms with van der Waals surface area (Å²) in [5.74, 6) is -0.886. The van der Waals surface area contributed by atoms with Crippen LogP contribution in [0.15, 0.2) is 29.3 Å². The Morgan fingerprint density at radius 2 is 2.16 bits per heavy atom. The Morgan fingerprint density at radius 3 is 2.84 bits per heavy atom. The van der Waals surface area contributed by atoms with E-state index in [1.54, 1.807) is 19.9 Å². The Kier molecular flexibility index (Phi) is 4.32. The van der Waals surface area contributed by atoms with Crippen molar-refractivity contribution in [2.75, 3.05) is 11.9 Å². The van der Waals surface area contributed by atoms with E-state index in [9.17, 15) is 19.7 Å². The molecule has 1 aromatic heterocycles. The van der Waals surface area contributed by atoms with Crippen molar-refractivity contribution in [1.82, 2.24) is 0 Å². The van der Waals surface area contributed by atoms with Gasteiger partial charge in [0.15, 0.2) is 0 Å². The minimum Gasteiger partial charge on any atom is -0.462 e. The number of carbonyl (C=O) groups excluding carboxylic acids is 2. The summed E-state index contributed by atoms with van der Waals surface area (Å²) in [6.07, 6.45) is 0. The third-order valence-electron chi connectivity index (χ3n) is 3.52. The largest absolute Gasteiger partial charge is 0.462 e. The van der Waals surface area contributed by atoms with Gasteiger partial charge in [0.25, 0.3) is 11.6 Å². The SMILES string of the molecule is CCOC(=O)c1sc(N=C2C(=O)Nc3ccc([N+](=O)[O-])cc32)cc1C. The number of carbonyl (C=O) groups is 2. The first-order valence-corrected chi connectivity index (χ1v) is 8.18. The van der Waals surface area contributed by atoms with Crippen molar-refractivity contribution in [2.24, 2.45) is 4.99 Å². The van der Waals surface area contributed by atoms with E-state index in [-0.39, 0.29) is 18.0 Å². The fraction of sp³-hybridized carbons (Fsp3) is 0.188. The molecule has 8 nitrogen and oxygen atoms in total. The molecule has 0 spiro atoms. The van der Waals surface area contributed by atoms with Crippen LogP contribution in [0.1, 0.15) is 27.7 Å². The number of esters is 1. The first kappa shape index (κ1) is 16.8. The second kappa shape index (κ2) is 6.44. The highest BCUT2D eigenvalue weighted by Crippen LogP contribution is 2.33. The molecule has 0 bridgehead atoms. The Hall–Kier alpha value is -3.07. The van der Waals surface area contributed by atoms with Gasteiger partial charge in [-0.3, -0.25) is 14.9 Å². The Balaban J connectivity index is 2.02. The van der Waals surface area contributed by atoms with Gasteiger partial charge in [-0.2, -0.15) is 0 Å². The second-order valence-electron chi connectivity index (χ2n) is 5.22. The van der Waals surface area contributed by atoms with Crippen molar-refractivity contribution < 1.29 is 19.2 Å². The minimum absolute atomic E-state index is 0.0790. The van der Waals surface area contributed by atoms with Crippen molar-refractivity contribution in [3.8, 4) is 0 Å². The summed E-state index contributed by atoms with van der Waals surface area (Å²) in [5, 5.41) is 14.0. The maximum atomic E-state index is 12.1. The highest BCUT2D eigenvalue weighted by molar-refractivity contribution is 7.17. The molecule has 3 rings (SSSR count). The third kappa shape index (κ3) is 3.13. The van der Waals surface area contributed by atoms with E-state index in [1.165, 1.54) is 18.2 Å². The highest BCUT2D eigenvalue weighted by Gasteiger charge is 2.28. The molecule has 1 aromatic carbocycles. The van der Waals surface area contributed by atoms with Gasteiger partial charge in [-0.15, -0.1) is 11.3 Å². The van der Waals surface area contributed by atoms with Crippen LogP contribution in [0.5, 0.6) is 0 Å². The molecular weight excluding hydrogens is 346 g/mol. The summed E-state index contributed by atoms with van der Waals surface area (Å²) in [4.78, 5) is 39.2. The number of fused-ring (bicyclic) bond motifs is 1. The lowest BCUT2D eigenvalue weighted by atomic mass is 10.1. The number of non-ortho nitro benzene ring substituents is 1. The molecule has 0 radical (unpaired) electrons. The summed E-state index contributed by atoms with van der Waals surface area (Å²) in [7, 11) is 0. The number of nitro groups is 1. The van der Waals surface area contributed by atoms with Crippen molar-refractivity contribution in [2.45, 2.75) is 13.8 Å². The third-order valence-corrected chi connectivity index (χ3v) is 4.63. The van der Waals surface area contributed by atoms with Crippen molar-refractivity contribution in [3.05, 3.63) is 50.4 Å². The maximum Gasteiger partial charge on any atom is 0.348 e. The predicted molar refractivity (Wildman–Crippen MR) is 92.9 cm³/mol. The van der Waals surface area contributed by atoms with Crippen LogP contribution in [-0.4, -0.2) is 29.1 Å². The molecule has 1 aliphatic heterocycles. The molecule has 1 amide bonds. The Bertz CT molecular complexity index is 932. The summed E-state index contributed by atoms with van der Waals surface area (Å²) < 4.78 is 4.98. The van der Waals surface area contributed by atoms with E-state index >= 15 is 0 Å². The average Bonchev–Trinajstić information content (AvgIpc) is 3.08. The molecule has 25 heavy (non-hydrogen) atoms. The molecule has 2 heterocycles. The number of hydrogen-bond donors (Lipinski definition) is 1. The van der Waals surface area contributed by atoms with Gasteiger partial charge in [-0.1, -0.05) is 0 Å². The van der Waals surface area contributed by atoms with Gasteiger partial charge in [-0.05, 0) is 31.5 Å². The van der Waals surface area contributed by atoms with E-state index in [0.29, 0.717) is 26.7 Å². The maximum absolute atomic E-state index is 12.1. The van der Waals surface area contributed by atoms with Crippen molar-refractivity contribution >= 4 is 45.3 Å². The quantitative estimate of drug-likeness (QED) is 0.512. The monoisotopic (exact) mass is 359 g/mol. The lowest BCUT2D eigenvalue weighted by Crippen LogP contribution is -2.13. The van der Waals surface area contributed by atoms with Crippen LogP contribution in [-0.2, 0) is 9.53 Å². The number of rotatable bonds is 4. The zero-order chi connectivity index (χ0) is 18.1. The number of nitrogens with one attached hydrogen (secondary N) is 1. The zero-order valence-electron chi connectivity index (χ0n) is 13.4. The molecule has 9 heteroatoms. The molecule has 0 unspecified atom stereocenters. The molecule has 0 saturated carbocycles. The van der Waals surface area contributed by atoms with Gasteiger partial charge in [0.2, 0.25) is 0 Å². The molecule has 0 aliphatic carbocycles. The van der Waals surface area contributed by atoms with Crippen LogP contribution in [0.4, 0.5) is 16.4 Å². The summed E-state index contributed by atoms with van der Waals surface area (Å²) in [5.41, 5.74) is 1.48. The van der Waals surface area contributed by atoms with Crippen LogP contribution in [0.25, 0.3) is 0 Å². The standard InChI is InChI=1S/C16H13N3O5S/c1-3-24-16(21)14-8(2)6-12(25-14)18-13-10-7-9(19(22)23)4-5-11(10)17-15(13)20/h4-7H,3H2,1-2H3,(H,17,18,20). The number of benzene rings is 1. The lowest BCUT2D eigenvalue weighted by molar-refractivity contribution is -0.384. The number of ether oxygens (including phenoxy) is 1. The van der Waals surface area contributed by atoms with Crippen LogP contribution in [0, 0.1) is 17.0 Å². The molecule has 1 aliphatic rings. The van der Waals surface area contributed by atoms with E-state index in [0.717, 1.165) is 11.3 Å². The number of aryl methyl sites for hydroxylation is 1. The van der Waals surface area contributed by atoms with Gasteiger partial charge >= 0.3 is 5.97 Å². The fourth-order valence-corrected chi connectivity index (χ4v) is 3.34. The Labute approximate surface area is 146 Å². The summed E-state index contributed by atoms with van der Waals surface area (Å²) in [6, 6.07) is 5.76. The number of nitrogens with zero attached hydrogens (tertiary/aromatic N) is 2. The number of amides is 1. The average molecular weight is 359 g/mol. The van der Waals surface area contributed by atoms with Gasteiger partial charge in [0.05, 0.1) is 17.2 Å². The van der Waals surface area contributed by atoms with E-state index < -0.39 is 16.8 Å². The van der Waals surface area contributed by atoms with Crippen LogP contribution in [0.3, 0.4) is 0 Å². The number of thiophene rings is 1. The molecule has 1 N–H and O–H groups in total. The van der Waals surface area contributed by atoms with Crippen molar-refractivity contribution in [3.63, 3.8) is 0 Å². The van der Waals surface area contributed by atoms with Crippen LogP contribution in [0.2, 0.25) is 0 Å². The number of aliphatic imine (C=N–C) groups is 1. The molecule has 128 valence electrons. The second-order valence-corrected chi connectivity index (χ2v) is 6.25. The minimum atomic E-state index is -0.533. The van der Waals surface area contributed by atoms with E-state index in [1.807, 2.05) is 0 Å². The lowest BCUT2D eigenvalue weighted by Gasteiger charge is -1.98. The molecule has 0 fully saturated rings. The van der Waals surface area contributed by atoms with E-state index in [4.69, 9.17) is 4.74 Å². The first-order chi connectivity index (χ1) is 11.9. The van der Waals surface area contributed by atoms with Gasteiger partial charge < -0.3 is 10.1 Å². The van der Waals surface area contributed by atoms with Crippen LogP contribution >= 0.6 is 11.3 Å². The van der Waals surface area contributed by atoms with Gasteiger partial charge in [0, 0.05) is 17.7 Å². The molecule has 2 aromatic rings. The first-order valence-electron chi connectivity index (χ1n) is 7.37. The number of anilines is 1. The topological polar surface area (TPSA) is 111 Å². The smallest absolute Gasteiger partial charge is 0.348 e. The number of hydrogen-bond acceptors (Lipinski definition) is 7. The number of nitro benzene ring substituents is 1. The van der Waals surface area contributed by atoms with Gasteiger partial charge in [-0.25, -0.2) is 9.79 Å². The van der Waals surface area contributed by atoms with Gasteiger partial charge in [0.1, 0.15) is 15.6 Å².